The molecule has 0 aromatic heterocycles. The van der Waals surface area contributed by atoms with Crippen LogP contribution in [0, 0.1) is 5.92 Å². The van der Waals surface area contributed by atoms with Crippen molar-refractivity contribution in [3.8, 4) is 0 Å². The third-order valence-corrected chi connectivity index (χ3v) is 5.08. The topological polar surface area (TPSA) is 44.5 Å². The Morgan fingerprint density at radius 1 is 1.10 bits per heavy atom. The highest BCUT2D eigenvalue weighted by Crippen LogP contribution is 2.40. The summed E-state index contributed by atoms with van der Waals surface area (Å²) in [6.45, 7) is 7.98. The Balaban J connectivity index is 2.19. The summed E-state index contributed by atoms with van der Waals surface area (Å²) in [5.74, 6) is 0.257. The highest BCUT2D eigenvalue weighted by Gasteiger charge is 2.53. The van der Waals surface area contributed by atoms with Crippen molar-refractivity contribution in [2.24, 2.45) is 11.7 Å². The van der Waals surface area contributed by atoms with Crippen LogP contribution in [0.15, 0.2) is 11.3 Å². The van der Waals surface area contributed by atoms with E-state index in [1.54, 1.807) is 0 Å². The van der Waals surface area contributed by atoms with Gasteiger partial charge in [0.25, 0.3) is 0 Å². The molecular weight excluding hydrogens is 256 g/mol. The van der Waals surface area contributed by atoms with Crippen LogP contribution in [0.25, 0.3) is 0 Å². The highest BCUT2D eigenvalue weighted by atomic mass is 19.1. The van der Waals surface area contributed by atoms with E-state index >= 15 is 0 Å². The Morgan fingerprint density at radius 3 is 2.05 bits per heavy atom. The van der Waals surface area contributed by atoms with Crippen molar-refractivity contribution in [1.82, 2.24) is 0 Å². The molecule has 1 saturated carbocycles. The molecule has 0 unspecified atom stereocenters. The molecule has 0 amide bonds. The van der Waals surface area contributed by atoms with Crippen molar-refractivity contribution >= 4 is 7.12 Å². The lowest BCUT2D eigenvalue weighted by Crippen LogP contribution is -2.41. The highest BCUT2D eigenvalue weighted by molar-refractivity contribution is 6.53. The van der Waals surface area contributed by atoms with Crippen molar-refractivity contribution in [2.75, 3.05) is 6.54 Å². The first-order valence-corrected chi connectivity index (χ1v) is 7.72. The van der Waals surface area contributed by atoms with E-state index in [9.17, 15) is 4.39 Å². The number of hydrogen-bond donors (Lipinski definition) is 1. The molecule has 1 saturated heterocycles. The van der Waals surface area contributed by atoms with Gasteiger partial charge >= 0.3 is 7.12 Å². The molecule has 1 heterocycles. The second kappa shape index (κ2) is 5.78. The van der Waals surface area contributed by atoms with E-state index < -0.39 is 18.3 Å². The van der Waals surface area contributed by atoms with Gasteiger partial charge in [0.2, 0.25) is 0 Å². The molecule has 2 fully saturated rings. The normalized spacial score (nSPS) is 27.6. The van der Waals surface area contributed by atoms with Gasteiger partial charge < -0.3 is 15.0 Å². The fraction of sp³-hybridized carbons (Fsp3) is 0.867. The summed E-state index contributed by atoms with van der Waals surface area (Å²) in [5.41, 5.74) is 5.18. The number of nitrogens with two attached hydrogens (primary N) is 1. The lowest BCUT2D eigenvalue weighted by Gasteiger charge is -2.32. The molecule has 20 heavy (non-hydrogen) atoms. The molecule has 2 N–H and O–H groups in total. The maximum atomic E-state index is 14.8. The number of rotatable bonds is 3. The summed E-state index contributed by atoms with van der Waals surface area (Å²) in [6, 6.07) is 0. The van der Waals surface area contributed by atoms with Crippen LogP contribution in [-0.2, 0) is 9.31 Å². The molecule has 2 rings (SSSR count). The molecule has 0 aromatic rings. The summed E-state index contributed by atoms with van der Waals surface area (Å²) in [5, 5.41) is 0. The average Bonchev–Trinajstić information content (AvgIpc) is 2.60. The standard InChI is InChI=1S/C15H27BFNO2/c1-14(2)15(3,4)20-16(19-14)13(17)12(10-18)11-8-6-5-7-9-11/h11H,5-10,18H2,1-4H3. The Labute approximate surface area is 122 Å². The zero-order chi connectivity index (χ0) is 15.0. The molecule has 1 aliphatic heterocycles. The third kappa shape index (κ3) is 2.95. The quantitative estimate of drug-likeness (QED) is 0.807. The molecule has 3 nitrogen and oxygen atoms in total. The molecule has 2 aliphatic rings. The Bertz CT molecular complexity index is 373. The molecule has 0 atom stereocenters. The Hall–Kier alpha value is -0.385. The fourth-order valence-electron chi connectivity index (χ4n) is 3.01. The second-order valence-electron chi connectivity index (χ2n) is 7.00. The van der Waals surface area contributed by atoms with Crippen LogP contribution in [-0.4, -0.2) is 24.9 Å². The van der Waals surface area contributed by atoms with Crippen LogP contribution < -0.4 is 5.73 Å². The second-order valence-corrected chi connectivity index (χ2v) is 7.00. The first-order valence-electron chi connectivity index (χ1n) is 7.72. The molecule has 0 spiro atoms. The van der Waals surface area contributed by atoms with Crippen LogP contribution >= 0.6 is 0 Å². The predicted octanol–water partition coefficient (Wildman–Crippen LogP) is 3.38. The minimum Gasteiger partial charge on any atom is -0.398 e. The Morgan fingerprint density at radius 2 is 1.60 bits per heavy atom. The lowest BCUT2D eigenvalue weighted by molar-refractivity contribution is 0.00578. The van der Waals surface area contributed by atoms with Gasteiger partial charge in [-0.15, -0.1) is 0 Å². The summed E-state index contributed by atoms with van der Waals surface area (Å²) in [4.78, 5) is 0. The molecule has 5 heteroatoms. The fourth-order valence-corrected chi connectivity index (χ4v) is 3.01. The first kappa shape index (κ1) is 16.0. The van der Waals surface area contributed by atoms with Gasteiger partial charge in [-0.25, -0.2) is 4.39 Å². The average molecular weight is 283 g/mol. The van der Waals surface area contributed by atoms with Crippen LogP contribution in [0.5, 0.6) is 0 Å². The maximum Gasteiger partial charge on any atom is 0.525 e. The van der Waals surface area contributed by atoms with Crippen LogP contribution in [0.1, 0.15) is 59.8 Å². The zero-order valence-electron chi connectivity index (χ0n) is 13.2. The number of halogens is 1. The van der Waals surface area contributed by atoms with Gasteiger partial charge in [-0.05, 0) is 52.0 Å². The molecule has 0 aromatic carbocycles. The van der Waals surface area contributed by atoms with Gasteiger partial charge in [-0.2, -0.15) is 0 Å². The molecule has 0 bridgehead atoms. The largest absolute Gasteiger partial charge is 0.525 e. The van der Waals surface area contributed by atoms with E-state index in [1.165, 1.54) is 6.42 Å². The summed E-state index contributed by atoms with van der Waals surface area (Å²) in [7, 11) is -0.902. The zero-order valence-corrected chi connectivity index (χ0v) is 13.2. The van der Waals surface area contributed by atoms with Gasteiger partial charge in [0, 0.05) is 6.54 Å². The van der Waals surface area contributed by atoms with Crippen LogP contribution in [0.4, 0.5) is 4.39 Å². The van der Waals surface area contributed by atoms with E-state index in [1.807, 2.05) is 27.7 Å². The smallest absolute Gasteiger partial charge is 0.398 e. The molecule has 0 radical (unpaired) electrons. The van der Waals surface area contributed by atoms with Gasteiger partial charge in [0.1, 0.15) is 5.73 Å². The maximum absolute atomic E-state index is 14.8. The van der Waals surface area contributed by atoms with Gasteiger partial charge in [-0.1, -0.05) is 19.3 Å². The predicted molar refractivity (Wildman–Crippen MR) is 79.8 cm³/mol. The van der Waals surface area contributed by atoms with E-state index in [-0.39, 0.29) is 18.2 Å². The van der Waals surface area contributed by atoms with Crippen LogP contribution in [0.3, 0.4) is 0 Å². The monoisotopic (exact) mass is 283 g/mol. The molecule has 114 valence electrons. The minimum atomic E-state index is -0.902. The van der Waals surface area contributed by atoms with Crippen molar-refractivity contribution in [3.63, 3.8) is 0 Å². The lowest BCUT2D eigenvalue weighted by atomic mass is 9.76. The summed E-state index contributed by atoms with van der Waals surface area (Å²) in [6.07, 6.45) is 5.61. The van der Waals surface area contributed by atoms with E-state index in [0.717, 1.165) is 25.7 Å². The molecular formula is C15H27BFNO2. The van der Waals surface area contributed by atoms with Crippen molar-refractivity contribution < 1.29 is 13.7 Å². The SMILES string of the molecule is CC1(C)OB(C(F)=C(CN)C2CCCCC2)OC1(C)C. The van der Waals surface area contributed by atoms with Crippen molar-refractivity contribution in [2.45, 2.75) is 71.0 Å². The number of hydrogen-bond acceptors (Lipinski definition) is 3. The minimum absolute atomic E-state index is 0.251. The van der Waals surface area contributed by atoms with E-state index in [0.29, 0.717) is 5.57 Å². The van der Waals surface area contributed by atoms with Crippen LogP contribution in [0.2, 0.25) is 0 Å². The molecule has 1 aliphatic carbocycles. The Kier molecular flexibility index (Phi) is 4.62. The van der Waals surface area contributed by atoms with Gasteiger partial charge in [0.05, 0.1) is 11.2 Å². The van der Waals surface area contributed by atoms with Gasteiger partial charge in [0.15, 0.2) is 0 Å². The van der Waals surface area contributed by atoms with Gasteiger partial charge in [-0.3, -0.25) is 0 Å². The van der Waals surface area contributed by atoms with E-state index in [4.69, 9.17) is 15.0 Å². The third-order valence-electron chi connectivity index (χ3n) is 5.08. The van der Waals surface area contributed by atoms with Crippen molar-refractivity contribution in [3.05, 3.63) is 11.3 Å². The first-order chi connectivity index (χ1) is 9.28. The van der Waals surface area contributed by atoms with E-state index in [2.05, 4.69) is 0 Å². The summed E-state index contributed by atoms with van der Waals surface area (Å²) >= 11 is 0. The van der Waals surface area contributed by atoms with Crippen molar-refractivity contribution in [1.29, 1.82) is 0 Å². The summed E-state index contributed by atoms with van der Waals surface area (Å²) < 4.78 is 26.4.